The van der Waals surface area contributed by atoms with Crippen LogP contribution in [0.3, 0.4) is 0 Å². The van der Waals surface area contributed by atoms with Gasteiger partial charge in [-0.3, -0.25) is 4.79 Å². The van der Waals surface area contributed by atoms with Crippen LogP contribution in [0.1, 0.15) is 36.1 Å². The second-order valence-electron chi connectivity index (χ2n) is 9.01. The van der Waals surface area contributed by atoms with E-state index in [4.69, 9.17) is 19.3 Å². The maximum absolute atomic E-state index is 15.7. The fraction of sp³-hybridized carbons (Fsp3) is 0.393. The summed E-state index contributed by atoms with van der Waals surface area (Å²) in [5.74, 6) is -1.30. The number of hydrogen-bond acceptors (Lipinski definition) is 6. The molecule has 0 amide bonds. The monoisotopic (exact) mass is 496 g/mol. The third-order valence-corrected chi connectivity index (χ3v) is 6.56. The third-order valence-electron chi connectivity index (χ3n) is 6.56. The van der Waals surface area contributed by atoms with E-state index in [9.17, 15) is 4.79 Å². The Morgan fingerprint density at radius 3 is 2.81 bits per heavy atom. The van der Waals surface area contributed by atoms with E-state index in [1.54, 1.807) is 13.2 Å². The molecule has 36 heavy (non-hydrogen) atoms. The van der Waals surface area contributed by atoms with E-state index >= 15 is 4.39 Å². The summed E-state index contributed by atoms with van der Waals surface area (Å²) in [7, 11) is 1.57. The van der Waals surface area contributed by atoms with Crippen molar-refractivity contribution >= 4 is 22.4 Å². The summed E-state index contributed by atoms with van der Waals surface area (Å²) in [6, 6.07) is 16.6. The zero-order chi connectivity index (χ0) is 25.5. The number of hydrogen-bond donors (Lipinski definition) is 3. The largest absolute Gasteiger partial charge is 0.480 e. The van der Waals surface area contributed by atoms with Crippen LogP contribution in [0.5, 0.6) is 5.75 Å². The number of aliphatic carboxylic acids is 1. The summed E-state index contributed by atoms with van der Waals surface area (Å²) in [6.45, 7) is 2.38. The lowest BCUT2D eigenvalue weighted by atomic mass is 9.86. The fourth-order valence-electron chi connectivity index (χ4n) is 4.80. The number of rotatable bonds is 12. The van der Waals surface area contributed by atoms with Crippen molar-refractivity contribution in [2.75, 3.05) is 39.0 Å². The summed E-state index contributed by atoms with van der Waals surface area (Å²) < 4.78 is 31.7. The number of ether oxygens (including phenoxy) is 3. The molecule has 4 rings (SSSR count). The molecular formula is C28H33FN2O5. The highest BCUT2D eigenvalue weighted by Gasteiger charge is 2.27. The van der Waals surface area contributed by atoms with Crippen LogP contribution in [-0.4, -0.2) is 50.8 Å². The van der Waals surface area contributed by atoms with Gasteiger partial charge in [0.05, 0.1) is 13.2 Å². The van der Waals surface area contributed by atoms with Gasteiger partial charge in [-0.15, -0.1) is 0 Å². The van der Waals surface area contributed by atoms with Crippen LogP contribution in [0.4, 0.5) is 10.1 Å². The van der Waals surface area contributed by atoms with Crippen molar-refractivity contribution in [3.63, 3.8) is 0 Å². The Morgan fingerprint density at radius 2 is 2.00 bits per heavy atom. The number of aryl methyl sites for hydroxylation is 1. The summed E-state index contributed by atoms with van der Waals surface area (Å²) in [5, 5.41) is 17.9. The van der Waals surface area contributed by atoms with Crippen molar-refractivity contribution in [3.05, 3.63) is 71.0 Å². The lowest BCUT2D eigenvalue weighted by Crippen LogP contribution is -2.37. The summed E-state index contributed by atoms with van der Waals surface area (Å²) in [4.78, 5) is 11.1. The van der Waals surface area contributed by atoms with Gasteiger partial charge in [0.1, 0.15) is 18.0 Å². The predicted octanol–water partition coefficient (Wildman–Crippen LogP) is 4.68. The first-order valence-electron chi connectivity index (χ1n) is 12.2. The molecule has 3 aromatic carbocycles. The van der Waals surface area contributed by atoms with Gasteiger partial charge in [0.25, 0.3) is 0 Å². The second-order valence-corrected chi connectivity index (χ2v) is 9.01. The normalized spacial score (nSPS) is 15.9. The Balaban J connectivity index is 1.51. The Bertz CT molecular complexity index is 1200. The molecule has 0 saturated carbocycles. The van der Waals surface area contributed by atoms with E-state index in [-0.39, 0.29) is 30.3 Å². The minimum absolute atomic E-state index is 0.0502. The molecular weight excluding hydrogens is 463 g/mol. The minimum atomic E-state index is -1.09. The summed E-state index contributed by atoms with van der Waals surface area (Å²) in [6.07, 6.45) is 2.04. The quantitative estimate of drug-likeness (QED) is 0.248. The molecule has 1 aliphatic carbocycles. The SMILES string of the molecule is COCCOCOc1cc2c(c(F)c1NCC(=O)O)C[C@H](N[C@@H](C)c1cccc3ccccc13)CC2. The van der Waals surface area contributed by atoms with Crippen molar-refractivity contribution in [1.29, 1.82) is 0 Å². The predicted molar refractivity (Wildman–Crippen MR) is 137 cm³/mol. The van der Waals surface area contributed by atoms with E-state index in [0.717, 1.165) is 12.0 Å². The van der Waals surface area contributed by atoms with E-state index in [1.165, 1.54) is 16.3 Å². The number of nitrogens with one attached hydrogen (secondary N) is 2. The number of carbonyl (C=O) groups is 1. The van der Waals surface area contributed by atoms with Crippen LogP contribution in [0.2, 0.25) is 0 Å². The number of anilines is 1. The van der Waals surface area contributed by atoms with Crippen LogP contribution < -0.4 is 15.4 Å². The lowest BCUT2D eigenvalue weighted by Gasteiger charge is -2.30. The highest BCUT2D eigenvalue weighted by molar-refractivity contribution is 5.86. The zero-order valence-corrected chi connectivity index (χ0v) is 20.7. The standard InChI is InChI=1S/C28H33FN2O5/c1-18(22-9-5-7-19-6-3-4-8-23(19)22)31-21-11-10-20-14-25(36-17-35-13-12-34-2)28(30-16-26(32)33)27(29)24(20)15-21/h3-9,14,18,21,30-31H,10-13,15-17H2,1-2H3,(H,32,33)/t18-,21+/m0/s1. The summed E-state index contributed by atoms with van der Waals surface area (Å²) >= 11 is 0. The summed E-state index contributed by atoms with van der Waals surface area (Å²) in [5.41, 5.74) is 2.72. The van der Waals surface area contributed by atoms with Crippen molar-refractivity contribution in [2.45, 2.75) is 38.3 Å². The molecule has 0 bridgehead atoms. The molecule has 0 heterocycles. The van der Waals surface area contributed by atoms with Crippen LogP contribution in [0.15, 0.2) is 48.5 Å². The molecule has 0 aromatic heterocycles. The van der Waals surface area contributed by atoms with E-state index in [0.29, 0.717) is 31.6 Å². The average molecular weight is 497 g/mol. The molecule has 3 N–H and O–H groups in total. The Labute approximate surface area is 210 Å². The third kappa shape index (κ3) is 6.13. The number of methoxy groups -OCH3 is 1. The highest BCUT2D eigenvalue weighted by atomic mass is 19.1. The van der Waals surface area contributed by atoms with Gasteiger partial charge in [0, 0.05) is 19.2 Å². The molecule has 192 valence electrons. The van der Waals surface area contributed by atoms with E-state index < -0.39 is 18.3 Å². The van der Waals surface area contributed by atoms with Gasteiger partial charge < -0.3 is 30.0 Å². The maximum atomic E-state index is 15.7. The minimum Gasteiger partial charge on any atom is -0.480 e. The van der Waals surface area contributed by atoms with Crippen LogP contribution in [0, 0.1) is 5.82 Å². The molecule has 8 heteroatoms. The van der Waals surface area contributed by atoms with E-state index in [2.05, 4.69) is 47.9 Å². The molecule has 0 saturated heterocycles. The molecule has 0 unspecified atom stereocenters. The molecule has 3 aromatic rings. The van der Waals surface area contributed by atoms with Gasteiger partial charge >= 0.3 is 5.97 Å². The van der Waals surface area contributed by atoms with Crippen molar-refractivity contribution in [1.82, 2.24) is 5.32 Å². The van der Waals surface area contributed by atoms with Gasteiger partial charge in [0.2, 0.25) is 0 Å². The molecule has 0 radical (unpaired) electrons. The van der Waals surface area contributed by atoms with Gasteiger partial charge in [-0.2, -0.15) is 0 Å². The van der Waals surface area contributed by atoms with Crippen LogP contribution in [0.25, 0.3) is 10.8 Å². The van der Waals surface area contributed by atoms with Crippen molar-refractivity contribution < 1.29 is 28.5 Å². The first-order valence-corrected chi connectivity index (χ1v) is 12.2. The number of fused-ring (bicyclic) bond motifs is 2. The van der Waals surface area contributed by atoms with Gasteiger partial charge in [-0.1, -0.05) is 42.5 Å². The topological polar surface area (TPSA) is 89.0 Å². The first kappa shape index (κ1) is 25.9. The smallest absolute Gasteiger partial charge is 0.322 e. The van der Waals surface area contributed by atoms with Crippen molar-refractivity contribution in [3.8, 4) is 5.75 Å². The van der Waals surface area contributed by atoms with E-state index in [1.807, 2.05) is 12.1 Å². The second kappa shape index (κ2) is 12.2. The van der Waals surface area contributed by atoms with Gasteiger partial charge in [-0.25, -0.2) is 4.39 Å². The highest BCUT2D eigenvalue weighted by Crippen LogP contribution is 2.37. The molecule has 0 spiro atoms. The molecule has 7 nitrogen and oxygen atoms in total. The number of halogens is 1. The number of carboxylic acid groups (broad SMARTS) is 1. The molecule has 1 aliphatic rings. The Hall–Kier alpha value is -3.20. The maximum Gasteiger partial charge on any atom is 0.322 e. The van der Waals surface area contributed by atoms with Crippen LogP contribution in [-0.2, 0) is 27.1 Å². The fourth-order valence-corrected chi connectivity index (χ4v) is 4.80. The van der Waals surface area contributed by atoms with Crippen LogP contribution >= 0.6 is 0 Å². The lowest BCUT2D eigenvalue weighted by molar-refractivity contribution is -0.134. The zero-order valence-electron chi connectivity index (χ0n) is 20.7. The Kier molecular flexibility index (Phi) is 8.74. The Morgan fingerprint density at radius 1 is 1.19 bits per heavy atom. The molecule has 0 aliphatic heterocycles. The van der Waals surface area contributed by atoms with Gasteiger partial charge in [-0.05, 0) is 59.7 Å². The first-order chi connectivity index (χ1) is 17.5. The van der Waals surface area contributed by atoms with Gasteiger partial charge in [0.15, 0.2) is 12.6 Å². The molecule has 2 atom stereocenters. The number of carboxylic acids is 1. The number of benzene rings is 3. The van der Waals surface area contributed by atoms with Crippen molar-refractivity contribution in [2.24, 2.45) is 0 Å². The molecule has 0 fully saturated rings. The average Bonchev–Trinajstić information content (AvgIpc) is 2.88.